The summed E-state index contributed by atoms with van der Waals surface area (Å²) in [6, 6.07) is 7.66. The number of benzene rings is 1. The van der Waals surface area contributed by atoms with Crippen LogP contribution in [0, 0.1) is 12.3 Å². The van der Waals surface area contributed by atoms with Crippen LogP contribution in [0.3, 0.4) is 0 Å². The molecule has 0 aliphatic carbocycles. The number of nitrogens with one attached hydrogen (secondary N) is 2. The third-order valence-electron chi connectivity index (χ3n) is 1.81. The largest absolute Gasteiger partial charge is 0.298 e. The van der Waals surface area contributed by atoms with Gasteiger partial charge in [-0.25, -0.2) is 13.1 Å². The first-order chi connectivity index (χ1) is 8.06. The van der Waals surface area contributed by atoms with Gasteiger partial charge in [0.1, 0.15) is 0 Å². The van der Waals surface area contributed by atoms with Crippen molar-refractivity contribution < 1.29 is 13.2 Å². The second-order valence-corrected chi connectivity index (χ2v) is 4.83. The Balaban J connectivity index is 2.63. The van der Waals surface area contributed by atoms with Gasteiger partial charge in [0.2, 0.25) is 5.91 Å². The van der Waals surface area contributed by atoms with E-state index in [2.05, 4.69) is 11.2 Å². The molecule has 0 spiro atoms. The van der Waals surface area contributed by atoms with Crippen LogP contribution in [-0.4, -0.2) is 27.4 Å². The van der Waals surface area contributed by atoms with Gasteiger partial charge in [-0.05, 0) is 12.1 Å². The Morgan fingerprint density at radius 1 is 1.29 bits per heavy atom. The molecule has 0 aliphatic rings. The highest BCUT2D eigenvalue weighted by atomic mass is 32.2. The van der Waals surface area contributed by atoms with E-state index in [1.807, 2.05) is 4.72 Å². The van der Waals surface area contributed by atoms with Crippen molar-refractivity contribution in [2.45, 2.75) is 4.90 Å². The Labute approximate surface area is 100 Å². The lowest BCUT2D eigenvalue weighted by Crippen LogP contribution is -2.37. The highest BCUT2D eigenvalue weighted by Gasteiger charge is 2.16. The molecule has 0 atom stereocenters. The van der Waals surface area contributed by atoms with E-state index in [9.17, 15) is 13.2 Å². The van der Waals surface area contributed by atoms with Gasteiger partial charge < -0.3 is 0 Å². The number of rotatable bonds is 5. The summed E-state index contributed by atoms with van der Waals surface area (Å²) in [6.07, 6.45) is 4.97. The normalized spacial score (nSPS) is 10.5. The van der Waals surface area contributed by atoms with Crippen molar-refractivity contribution in [1.82, 2.24) is 10.0 Å². The summed E-state index contributed by atoms with van der Waals surface area (Å²) < 4.78 is 25.3. The number of sulfonamides is 1. The quantitative estimate of drug-likeness (QED) is 0.558. The third kappa shape index (κ3) is 4.26. The van der Waals surface area contributed by atoms with Crippen LogP contribution >= 0.6 is 0 Å². The molecule has 0 aliphatic heterocycles. The maximum Gasteiger partial charge on any atom is 0.264 e. The van der Waals surface area contributed by atoms with Crippen LogP contribution < -0.4 is 10.0 Å². The Bertz CT molecular complexity index is 517. The molecular formula is C11H12N2O3S. The molecule has 90 valence electrons. The predicted molar refractivity (Wildman–Crippen MR) is 63.5 cm³/mol. The Hall–Kier alpha value is -1.84. The van der Waals surface area contributed by atoms with Gasteiger partial charge in [0.15, 0.2) is 0 Å². The zero-order valence-electron chi connectivity index (χ0n) is 9.01. The lowest BCUT2D eigenvalue weighted by Gasteiger charge is -2.06. The van der Waals surface area contributed by atoms with Crippen molar-refractivity contribution in [2.24, 2.45) is 0 Å². The summed E-state index contributed by atoms with van der Waals surface area (Å²) in [5, 5.41) is 2.60. The van der Waals surface area contributed by atoms with E-state index >= 15 is 0 Å². The van der Waals surface area contributed by atoms with Crippen LogP contribution in [0.15, 0.2) is 35.2 Å². The van der Waals surface area contributed by atoms with Crippen molar-refractivity contribution in [3.05, 3.63) is 30.3 Å². The zero-order chi connectivity index (χ0) is 12.7. The first kappa shape index (κ1) is 13.2. The van der Waals surface area contributed by atoms with Crippen molar-refractivity contribution in [3.8, 4) is 12.3 Å². The molecule has 1 aromatic carbocycles. The molecule has 17 heavy (non-hydrogen) atoms. The van der Waals surface area contributed by atoms with Gasteiger partial charge >= 0.3 is 0 Å². The fraction of sp³-hybridized carbons (Fsp3) is 0.182. The molecule has 2 N–H and O–H groups in total. The second-order valence-electron chi connectivity index (χ2n) is 3.15. The van der Waals surface area contributed by atoms with Gasteiger partial charge in [-0.15, -0.1) is 6.42 Å². The second kappa shape index (κ2) is 6.03. The molecule has 1 amide bonds. The van der Waals surface area contributed by atoms with E-state index in [-0.39, 0.29) is 18.0 Å². The van der Waals surface area contributed by atoms with E-state index in [4.69, 9.17) is 6.42 Å². The summed E-state index contributed by atoms with van der Waals surface area (Å²) >= 11 is 0. The van der Waals surface area contributed by atoms with Gasteiger partial charge in [0.05, 0.1) is 18.0 Å². The standard InChI is InChI=1S/C11H12N2O3S/c1-2-8-12-9-11(14)13-17(15,16)10-6-4-3-5-7-10/h1,3-7,12H,8-9H2,(H,13,14). The highest BCUT2D eigenvalue weighted by molar-refractivity contribution is 7.90. The van der Waals surface area contributed by atoms with Crippen LogP contribution in [0.4, 0.5) is 0 Å². The van der Waals surface area contributed by atoms with Crippen LogP contribution in [0.2, 0.25) is 0 Å². The van der Waals surface area contributed by atoms with Crippen molar-refractivity contribution >= 4 is 15.9 Å². The molecule has 0 fully saturated rings. The fourth-order valence-corrected chi connectivity index (χ4v) is 2.10. The number of carbonyl (C=O) groups is 1. The fourth-order valence-electron chi connectivity index (χ4n) is 1.09. The summed E-state index contributed by atoms with van der Waals surface area (Å²) in [4.78, 5) is 11.3. The summed E-state index contributed by atoms with van der Waals surface area (Å²) in [6.45, 7) is 0.0646. The highest BCUT2D eigenvalue weighted by Crippen LogP contribution is 2.06. The average Bonchev–Trinajstić information content (AvgIpc) is 2.30. The van der Waals surface area contributed by atoms with Gasteiger partial charge in [0.25, 0.3) is 10.0 Å². The summed E-state index contributed by atoms with van der Waals surface area (Å²) in [7, 11) is -3.79. The Morgan fingerprint density at radius 2 is 1.94 bits per heavy atom. The predicted octanol–water partition coefficient (Wildman–Crippen LogP) is -0.286. The van der Waals surface area contributed by atoms with Gasteiger partial charge in [-0.2, -0.15) is 0 Å². The average molecular weight is 252 g/mol. The Morgan fingerprint density at radius 3 is 2.53 bits per heavy atom. The molecule has 0 aromatic heterocycles. The van der Waals surface area contributed by atoms with E-state index in [0.29, 0.717) is 0 Å². The van der Waals surface area contributed by atoms with E-state index in [1.54, 1.807) is 18.2 Å². The molecular weight excluding hydrogens is 240 g/mol. The topological polar surface area (TPSA) is 75.3 Å². The van der Waals surface area contributed by atoms with Gasteiger partial charge in [-0.3, -0.25) is 10.1 Å². The molecule has 6 heteroatoms. The summed E-state index contributed by atoms with van der Waals surface area (Å²) in [5.74, 6) is 1.63. The SMILES string of the molecule is C#CCNCC(=O)NS(=O)(=O)c1ccccc1. The van der Waals surface area contributed by atoms with Gasteiger partial charge in [0, 0.05) is 0 Å². The van der Waals surface area contributed by atoms with Crippen LogP contribution in [0.1, 0.15) is 0 Å². The van der Waals surface area contributed by atoms with Crippen LogP contribution in [-0.2, 0) is 14.8 Å². The number of amides is 1. The molecule has 0 heterocycles. The van der Waals surface area contributed by atoms with Crippen molar-refractivity contribution in [1.29, 1.82) is 0 Å². The molecule has 1 rings (SSSR count). The molecule has 0 radical (unpaired) electrons. The van der Waals surface area contributed by atoms with Crippen molar-refractivity contribution in [3.63, 3.8) is 0 Å². The monoisotopic (exact) mass is 252 g/mol. The van der Waals surface area contributed by atoms with E-state index < -0.39 is 15.9 Å². The summed E-state index contributed by atoms with van der Waals surface area (Å²) in [5.41, 5.74) is 0. The lowest BCUT2D eigenvalue weighted by atomic mass is 10.4. The minimum atomic E-state index is -3.79. The molecule has 5 nitrogen and oxygen atoms in total. The maximum atomic E-state index is 11.7. The number of hydrogen-bond donors (Lipinski definition) is 2. The molecule has 0 unspecified atom stereocenters. The molecule has 1 aromatic rings. The molecule has 0 saturated carbocycles. The molecule has 0 saturated heterocycles. The minimum absolute atomic E-state index is 0.0466. The lowest BCUT2D eigenvalue weighted by molar-refractivity contribution is -0.118. The first-order valence-electron chi connectivity index (χ1n) is 4.81. The first-order valence-corrected chi connectivity index (χ1v) is 6.29. The third-order valence-corrected chi connectivity index (χ3v) is 3.20. The Kier molecular flexibility index (Phi) is 4.69. The van der Waals surface area contributed by atoms with E-state index in [1.165, 1.54) is 12.1 Å². The zero-order valence-corrected chi connectivity index (χ0v) is 9.83. The number of hydrogen-bond acceptors (Lipinski definition) is 4. The van der Waals surface area contributed by atoms with E-state index in [0.717, 1.165) is 0 Å². The number of terminal acetylenes is 1. The van der Waals surface area contributed by atoms with Crippen LogP contribution in [0.25, 0.3) is 0 Å². The number of carbonyl (C=O) groups excluding carboxylic acids is 1. The maximum absolute atomic E-state index is 11.7. The smallest absolute Gasteiger partial charge is 0.264 e. The van der Waals surface area contributed by atoms with Gasteiger partial charge in [-0.1, -0.05) is 24.1 Å². The minimum Gasteiger partial charge on any atom is -0.298 e. The van der Waals surface area contributed by atoms with Crippen molar-refractivity contribution in [2.75, 3.05) is 13.1 Å². The van der Waals surface area contributed by atoms with Crippen LogP contribution in [0.5, 0.6) is 0 Å². The molecule has 0 bridgehead atoms.